The predicted octanol–water partition coefficient (Wildman–Crippen LogP) is 7.33. The van der Waals surface area contributed by atoms with E-state index >= 15 is 0 Å². The topological polar surface area (TPSA) is 116 Å². The third-order valence-corrected chi connectivity index (χ3v) is 7.01. The van der Waals surface area contributed by atoms with Gasteiger partial charge in [0.05, 0.1) is 0 Å². The van der Waals surface area contributed by atoms with Gasteiger partial charge < -0.3 is 25.5 Å². The Balaban J connectivity index is -0.00000140. The largest absolute Gasteiger partial charge is 4.00 e. The van der Waals surface area contributed by atoms with Crippen molar-refractivity contribution >= 4 is 0 Å². The molecule has 0 spiro atoms. The molecular weight excluding hydrogens is 690 g/mol. The average Bonchev–Trinajstić information content (AvgIpc) is 2.82. The van der Waals surface area contributed by atoms with E-state index in [1.807, 2.05) is 0 Å². The minimum atomic E-state index is -0.417. The van der Waals surface area contributed by atoms with E-state index in [-0.39, 0.29) is 65.5 Å². The van der Waals surface area contributed by atoms with Crippen LogP contribution < -0.4 is 20.4 Å². The quantitative estimate of drug-likeness (QED) is 0.330. The minimum absolute atomic E-state index is 0. The second kappa shape index (κ2) is 22.0. The van der Waals surface area contributed by atoms with Crippen molar-refractivity contribution in [2.45, 2.75) is 191 Å². The second-order valence-electron chi connectivity index (χ2n) is 17.9. The third-order valence-electron chi connectivity index (χ3n) is 7.01. The Kier molecular flexibility index (Phi) is 23.4. The summed E-state index contributed by atoms with van der Waals surface area (Å²) < 4.78 is 0. The molecule has 280 valence electrons. The van der Waals surface area contributed by atoms with Gasteiger partial charge in [-0.1, -0.05) is 142 Å². The molecule has 0 fully saturated rings. The van der Waals surface area contributed by atoms with E-state index in [1.54, 1.807) is 41.5 Å². The minimum Gasteiger partial charge on any atom is -0.872 e. The molecule has 7 heteroatoms. The summed E-state index contributed by atoms with van der Waals surface area (Å²) in [7, 11) is 0. The van der Waals surface area contributed by atoms with Crippen LogP contribution in [0.5, 0.6) is 11.5 Å². The molecule has 0 bridgehead atoms. The number of benzene rings is 2. The number of aliphatic hydroxyl groups is 1. The zero-order valence-corrected chi connectivity index (χ0v) is 37.4. The fourth-order valence-corrected chi connectivity index (χ4v) is 4.61. The van der Waals surface area contributed by atoms with Crippen molar-refractivity contribution in [2.24, 2.45) is 0 Å². The first-order valence-corrected chi connectivity index (χ1v) is 17.8. The summed E-state index contributed by atoms with van der Waals surface area (Å²) in [6, 6.07) is 8.41. The molecule has 49 heavy (non-hydrogen) atoms. The van der Waals surface area contributed by atoms with Crippen LogP contribution in [0.15, 0.2) is 24.3 Å². The van der Waals surface area contributed by atoms with E-state index in [0.29, 0.717) is 13.1 Å². The van der Waals surface area contributed by atoms with Gasteiger partial charge in [-0.25, -0.2) is 0 Å². The second-order valence-corrected chi connectivity index (χ2v) is 17.9. The van der Waals surface area contributed by atoms with Gasteiger partial charge in [0, 0.05) is 19.2 Å². The Hall–Kier alpha value is -1.24. The maximum Gasteiger partial charge on any atom is 4.00 e. The van der Waals surface area contributed by atoms with Crippen LogP contribution in [0.1, 0.15) is 171 Å². The van der Waals surface area contributed by atoms with Crippen LogP contribution in [0.25, 0.3) is 0 Å². The van der Waals surface area contributed by atoms with Crippen molar-refractivity contribution < 1.29 is 51.7 Å². The van der Waals surface area contributed by atoms with E-state index < -0.39 is 12.2 Å². The maximum absolute atomic E-state index is 13.6. The SMILES string of the molecule is CC(C)O.CC(C)[O-].CC(C)[O-].CCCN(Cc1cc(C(C)(C)C)cc(C(C)(C)C)c1[O-])Cc1cc(C(C)(C)C)cc(C(C)(C)C)c1[O-].[Zr+4]. The van der Waals surface area contributed by atoms with Crippen LogP contribution in [-0.2, 0) is 61.0 Å². The number of rotatable bonds is 6. The number of nitrogens with zero attached hydrogens (tertiary/aromatic N) is 1. The van der Waals surface area contributed by atoms with Crippen molar-refractivity contribution in [3.05, 3.63) is 57.6 Å². The smallest absolute Gasteiger partial charge is 0.872 e. The maximum atomic E-state index is 13.6. The molecule has 1 N–H and O–H groups in total. The molecule has 6 nitrogen and oxygen atoms in total. The fourth-order valence-electron chi connectivity index (χ4n) is 4.61. The molecule has 2 aromatic carbocycles. The Bertz CT molecular complexity index is 1100. The number of hydrogen-bond donors (Lipinski definition) is 1. The number of aliphatic hydroxyl groups excluding tert-OH is 1. The molecule has 0 amide bonds. The van der Waals surface area contributed by atoms with Crippen molar-refractivity contribution in [2.75, 3.05) is 6.54 Å². The fraction of sp³-hybridized carbons (Fsp3) is 0.714. The van der Waals surface area contributed by atoms with E-state index in [9.17, 15) is 20.4 Å². The third kappa shape index (κ3) is 21.7. The summed E-state index contributed by atoms with van der Waals surface area (Å²) in [6.07, 6.45) is -0.0431. The van der Waals surface area contributed by atoms with Crippen molar-refractivity contribution in [1.29, 1.82) is 0 Å². The van der Waals surface area contributed by atoms with E-state index in [0.717, 1.165) is 35.2 Å². The van der Waals surface area contributed by atoms with Crippen LogP contribution in [0.2, 0.25) is 0 Å². The molecule has 0 aliphatic rings. The van der Waals surface area contributed by atoms with Crippen LogP contribution in [0.3, 0.4) is 0 Å². The summed E-state index contributed by atoms with van der Waals surface area (Å²) in [4.78, 5) is 2.28. The molecule has 0 saturated carbocycles. The van der Waals surface area contributed by atoms with Gasteiger partial charge >= 0.3 is 26.2 Å². The first kappa shape index (κ1) is 52.1. The van der Waals surface area contributed by atoms with Gasteiger partial charge in [0.1, 0.15) is 0 Å². The monoisotopic (exact) mass is 761 g/mol. The van der Waals surface area contributed by atoms with Gasteiger partial charge in [-0.3, -0.25) is 4.90 Å². The van der Waals surface area contributed by atoms with Gasteiger partial charge in [0.2, 0.25) is 0 Å². The van der Waals surface area contributed by atoms with Crippen LogP contribution >= 0.6 is 0 Å². The van der Waals surface area contributed by atoms with E-state index in [2.05, 4.69) is 119 Å². The van der Waals surface area contributed by atoms with Gasteiger partial charge in [-0.2, -0.15) is 0 Å². The normalized spacial score (nSPS) is 12.1. The molecule has 0 unspecified atom stereocenters. The molecule has 0 atom stereocenters. The molecule has 0 aliphatic heterocycles. The Labute approximate surface area is 321 Å². The number of hydrogen-bond acceptors (Lipinski definition) is 6. The molecular formula is C42H73NO5Zr. The average molecular weight is 763 g/mol. The Morgan fingerprint density at radius 1 is 0.571 bits per heavy atom. The molecule has 2 rings (SSSR count). The first-order chi connectivity index (χ1) is 21.4. The molecule has 0 aliphatic carbocycles. The van der Waals surface area contributed by atoms with Crippen molar-refractivity contribution in [1.82, 2.24) is 4.90 Å². The summed E-state index contributed by atoms with van der Waals surface area (Å²) in [5.74, 6) is 0.274. The van der Waals surface area contributed by atoms with Crippen molar-refractivity contribution in [3.8, 4) is 11.5 Å². The summed E-state index contributed by atoms with van der Waals surface area (Å²) in [5, 5.41) is 54.4. The van der Waals surface area contributed by atoms with E-state index in [4.69, 9.17) is 5.11 Å². The molecule has 0 radical (unpaired) electrons. The zero-order chi connectivity index (χ0) is 38.6. The van der Waals surface area contributed by atoms with Crippen LogP contribution in [0, 0.1) is 0 Å². The van der Waals surface area contributed by atoms with Gasteiger partial charge in [0.25, 0.3) is 0 Å². The summed E-state index contributed by atoms with van der Waals surface area (Å²) >= 11 is 0. The molecule has 0 heterocycles. The summed E-state index contributed by atoms with van der Waals surface area (Å²) in [5.41, 5.74) is 5.21. The molecule has 2 aromatic rings. The van der Waals surface area contributed by atoms with Crippen molar-refractivity contribution in [3.63, 3.8) is 0 Å². The Morgan fingerprint density at radius 2 is 0.816 bits per heavy atom. The zero-order valence-electron chi connectivity index (χ0n) is 34.9. The first-order valence-electron chi connectivity index (χ1n) is 17.8. The molecule has 0 aromatic heterocycles. The van der Waals surface area contributed by atoms with Gasteiger partial charge in [0.15, 0.2) is 0 Å². The van der Waals surface area contributed by atoms with Crippen LogP contribution in [-0.4, -0.2) is 34.9 Å². The Morgan fingerprint density at radius 3 is 1.00 bits per heavy atom. The summed E-state index contributed by atoms with van der Waals surface area (Å²) in [6.45, 7) is 39.8. The predicted molar refractivity (Wildman–Crippen MR) is 199 cm³/mol. The standard InChI is InChI=1S/C33H53NO2.C3H8O.2C3H7O.Zr/c1-14-15-34(20-22-16-24(30(2,3)4)18-26(28(22)35)32(8,9)10)21-23-17-25(31(5,6)7)19-27(29(23)36)33(11,12)13;3*1-3(2)4;/h16-19,35-36H,14-15,20-21H2,1-13H3;3-4H,1-2H3;2*3H,1-2H3;/q;;2*-1;+4/p-2. The molecule has 0 saturated heterocycles. The van der Waals surface area contributed by atoms with Gasteiger partial charge in [-0.05, 0) is 81.9 Å². The van der Waals surface area contributed by atoms with E-state index in [1.165, 1.54) is 11.1 Å². The van der Waals surface area contributed by atoms with Crippen LogP contribution in [0.4, 0.5) is 0 Å². The van der Waals surface area contributed by atoms with Gasteiger partial charge in [-0.15, -0.1) is 23.7 Å².